The van der Waals surface area contributed by atoms with E-state index in [1.54, 1.807) is 11.3 Å². The van der Waals surface area contributed by atoms with Crippen molar-refractivity contribution >= 4 is 49.9 Å². The fourth-order valence-corrected chi connectivity index (χ4v) is 4.14. The Labute approximate surface area is 121 Å². The van der Waals surface area contributed by atoms with E-state index in [0.29, 0.717) is 0 Å². The number of benzene rings is 1. The Kier molecular flexibility index (Phi) is 4.05. The predicted molar refractivity (Wildman–Crippen MR) is 81.9 cm³/mol. The molecule has 0 bridgehead atoms. The molecule has 1 unspecified atom stereocenters. The first-order valence-corrected chi connectivity index (χ1v) is 7.54. The molecule has 16 heavy (non-hydrogen) atoms. The van der Waals surface area contributed by atoms with Gasteiger partial charge in [-0.2, -0.15) is 0 Å². The molecular formula is C12H11BrINS. The summed E-state index contributed by atoms with van der Waals surface area (Å²) in [4.78, 5) is 1.28. The van der Waals surface area contributed by atoms with Crippen LogP contribution in [0.2, 0.25) is 0 Å². The first-order valence-electron chi connectivity index (χ1n) is 4.85. The first-order chi connectivity index (χ1) is 7.59. The van der Waals surface area contributed by atoms with Gasteiger partial charge in [0.05, 0.1) is 9.83 Å². The molecule has 0 aliphatic carbocycles. The van der Waals surface area contributed by atoms with Gasteiger partial charge in [-0.3, -0.25) is 0 Å². The van der Waals surface area contributed by atoms with Crippen molar-refractivity contribution in [2.24, 2.45) is 5.73 Å². The average Bonchev–Trinajstić information content (AvgIpc) is 2.58. The van der Waals surface area contributed by atoms with Crippen LogP contribution in [0.25, 0.3) is 0 Å². The maximum absolute atomic E-state index is 6.31. The number of aryl methyl sites for hydroxylation is 1. The fourth-order valence-electron chi connectivity index (χ4n) is 1.66. The molecule has 0 aliphatic rings. The van der Waals surface area contributed by atoms with Crippen LogP contribution in [0, 0.1) is 10.5 Å². The van der Waals surface area contributed by atoms with Gasteiger partial charge in [-0.25, -0.2) is 0 Å². The molecule has 2 rings (SSSR count). The van der Waals surface area contributed by atoms with Crippen molar-refractivity contribution in [3.05, 3.63) is 53.7 Å². The Hall–Kier alpha value is 0.0900. The zero-order valence-corrected chi connectivity index (χ0v) is 13.3. The molecule has 1 heterocycles. The molecule has 1 atom stereocenters. The minimum absolute atomic E-state index is 0.0318. The van der Waals surface area contributed by atoms with E-state index in [-0.39, 0.29) is 6.04 Å². The number of hydrogen-bond acceptors (Lipinski definition) is 2. The maximum atomic E-state index is 6.31. The van der Waals surface area contributed by atoms with Crippen molar-refractivity contribution < 1.29 is 0 Å². The van der Waals surface area contributed by atoms with Crippen LogP contribution in [-0.4, -0.2) is 0 Å². The highest BCUT2D eigenvalue weighted by molar-refractivity contribution is 14.1. The van der Waals surface area contributed by atoms with Gasteiger partial charge in [0.15, 0.2) is 0 Å². The van der Waals surface area contributed by atoms with E-state index >= 15 is 0 Å². The molecule has 2 aromatic rings. The molecule has 1 aromatic heterocycles. The van der Waals surface area contributed by atoms with Gasteiger partial charge < -0.3 is 5.73 Å². The van der Waals surface area contributed by atoms with Crippen molar-refractivity contribution in [3.8, 4) is 0 Å². The Morgan fingerprint density at radius 1 is 1.31 bits per heavy atom. The van der Waals surface area contributed by atoms with Crippen LogP contribution < -0.4 is 5.73 Å². The van der Waals surface area contributed by atoms with E-state index < -0.39 is 0 Å². The van der Waals surface area contributed by atoms with Crippen LogP contribution in [0.5, 0.6) is 0 Å². The number of hydrogen-bond donors (Lipinski definition) is 1. The summed E-state index contributed by atoms with van der Waals surface area (Å²) in [5.41, 5.74) is 8.71. The van der Waals surface area contributed by atoms with Crippen molar-refractivity contribution in [3.63, 3.8) is 0 Å². The largest absolute Gasteiger partial charge is 0.320 e. The Bertz CT molecular complexity index is 509. The van der Waals surface area contributed by atoms with Crippen molar-refractivity contribution in [1.29, 1.82) is 0 Å². The Morgan fingerprint density at radius 2 is 2.00 bits per heavy atom. The van der Waals surface area contributed by atoms with Gasteiger partial charge in [-0.05, 0) is 68.7 Å². The second kappa shape index (κ2) is 5.16. The maximum Gasteiger partial charge on any atom is 0.0704 e. The number of rotatable bonds is 2. The van der Waals surface area contributed by atoms with E-state index in [1.807, 2.05) is 12.1 Å². The minimum atomic E-state index is -0.0318. The van der Waals surface area contributed by atoms with E-state index in [2.05, 4.69) is 63.6 Å². The van der Waals surface area contributed by atoms with Gasteiger partial charge in [0, 0.05) is 8.45 Å². The summed E-state index contributed by atoms with van der Waals surface area (Å²) in [6, 6.07) is 10.3. The SMILES string of the molecule is Cc1sc(Br)cc1C(N)c1ccccc1I. The molecule has 0 radical (unpaired) electrons. The normalized spacial score (nSPS) is 12.8. The first kappa shape index (κ1) is 12.5. The zero-order valence-electron chi connectivity index (χ0n) is 8.71. The fraction of sp³-hybridized carbons (Fsp3) is 0.167. The predicted octanol–water partition coefficient (Wildman–Crippen LogP) is 4.47. The molecule has 0 amide bonds. The Morgan fingerprint density at radius 3 is 2.56 bits per heavy atom. The van der Waals surface area contributed by atoms with Gasteiger partial charge in [0.25, 0.3) is 0 Å². The molecule has 1 nitrogen and oxygen atoms in total. The van der Waals surface area contributed by atoms with Crippen LogP contribution in [0.4, 0.5) is 0 Å². The van der Waals surface area contributed by atoms with E-state index in [4.69, 9.17) is 5.73 Å². The molecule has 0 saturated heterocycles. The van der Waals surface area contributed by atoms with Crippen LogP contribution in [0.1, 0.15) is 22.0 Å². The average molecular weight is 408 g/mol. The van der Waals surface area contributed by atoms with E-state index in [1.165, 1.54) is 19.6 Å². The summed E-state index contributed by atoms with van der Waals surface area (Å²) in [6.07, 6.45) is 0. The second-order valence-electron chi connectivity index (χ2n) is 3.56. The highest BCUT2D eigenvalue weighted by atomic mass is 127. The summed E-state index contributed by atoms with van der Waals surface area (Å²) in [5, 5.41) is 0. The minimum Gasteiger partial charge on any atom is -0.320 e. The van der Waals surface area contributed by atoms with Crippen molar-refractivity contribution in [1.82, 2.24) is 0 Å². The molecular weight excluding hydrogens is 397 g/mol. The second-order valence-corrected chi connectivity index (χ2v) is 7.36. The lowest BCUT2D eigenvalue weighted by Gasteiger charge is -2.13. The molecule has 84 valence electrons. The molecule has 4 heteroatoms. The van der Waals surface area contributed by atoms with Crippen molar-refractivity contribution in [2.45, 2.75) is 13.0 Å². The molecule has 0 spiro atoms. The van der Waals surface area contributed by atoms with Crippen LogP contribution in [0.15, 0.2) is 34.1 Å². The highest BCUT2D eigenvalue weighted by Crippen LogP contribution is 2.33. The lowest BCUT2D eigenvalue weighted by atomic mass is 10.0. The summed E-state index contributed by atoms with van der Waals surface area (Å²) in [7, 11) is 0. The summed E-state index contributed by atoms with van der Waals surface area (Å²) >= 11 is 7.57. The summed E-state index contributed by atoms with van der Waals surface area (Å²) < 4.78 is 2.36. The van der Waals surface area contributed by atoms with Crippen LogP contribution in [-0.2, 0) is 0 Å². The van der Waals surface area contributed by atoms with Gasteiger partial charge in [-0.1, -0.05) is 18.2 Å². The molecule has 2 N–H and O–H groups in total. The summed E-state index contributed by atoms with van der Waals surface area (Å²) in [5.74, 6) is 0. The van der Waals surface area contributed by atoms with Crippen LogP contribution >= 0.6 is 49.9 Å². The molecule has 0 aliphatic heterocycles. The number of nitrogens with two attached hydrogens (primary N) is 1. The molecule has 0 saturated carbocycles. The topological polar surface area (TPSA) is 26.0 Å². The lowest BCUT2D eigenvalue weighted by molar-refractivity contribution is 0.863. The monoisotopic (exact) mass is 407 g/mol. The van der Waals surface area contributed by atoms with Gasteiger partial charge in [0.2, 0.25) is 0 Å². The molecule has 1 aromatic carbocycles. The van der Waals surface area contributed by atoms with Gasteiger partial charge >= 0.3 is 0 Å². The molecule has 0 fully saturated rings. The third kappa shape index (κ3) is 2.50. The number of thiophene rings is 1. The highest BCUT2D eigenvalue weighted by Gasteiger charge is 2.15. The lowest BCUT2D eigenvalue weighted by Crippen LogP contribution is -2.13. The number of halogens is 2. The standard InChI is InChI=1S/C12H11BrINS/c1-7-9(6-11(13)16-7)12(15)8-4-2-3-5-10(8)14/h2-6,12H,15H2,1H3. The van der Waals surface area contributed by atoms with E-state index in [9.17, 15) is 0 Å². The zero-order chi connectivity index (χ0) is 11.7. The van der Waals surface area contributed by atoms with Crippen LogP contribution in [0.3, 0.4) is 0 Å². The quantitative estimate of drug-likeness (QED) is 0.730. The third-order valence-electron chi connectivity index (χ3n) is 2.50. The third-order valence-corrected chi connectivity index (χ3v) is 5.05. The Balaban J connectivity index is 2.43. The van der Waals surface area contributed by atoms with E-state index in [0.717, 1.165) is 3.79 Å². The summed E-state index contributed by atoms with van der Waals surface area (Å²) in [6.45, 7) is 2.11. The van der Waals surface area contributed by atoms with Crippen molar-refractivity contribution in [2.75, 3.05) is 0 Å². The van der Waals surface area contributed by atoms with Gasteiger partial charge in [-0.15, -0.1) is 11.3 Å². The smallest absolute Gasteiger partial charge is 0.0704 e. The van der Waals surface area contributed by atoms with Gasteiger partial charge in [0.1, 0.15) is 0 Å².